The van der Waals surface area contributed by atoms with Crippen LogP contribution < -0.4 is 14.8 Å². The van der Waals surface area contributed by atoms with Crippen molar-refractivity contribution < 1.29 is 23.9 Å². The van der Waals surface area contributed by atoms with E-state index in [0.29, 0.717) is 28.9 Å². The number of carbonyl (C=O) groups is 3. The molecule has 5 aliphatic rings. The van der Waals surface area contributed by atoms with Crippen LogP contribution in [-0.2, 0) is 15.0 Å². The van der Waals surface area contributed by atoms with Crippen LogP contribution in [0.1, 0.15) is 22.3 Å². The molecule has 1 saturated heterocycles. The predicted octanol–water partition coefficient (Wildman–Crippen LogP) is 2.92. The number of hydrogen-bond acceptors (Lipinski definition) is 5. The third-order valence-electron chi connectivity index (χ3n) is 7.87. The molecule has 2 amide bonds. The van der Waals surface area contributed by atoms with Crippen LogP contribution in [0.15, 0.2) is 60.7 Å². The summed E-state index contributed by atoms with van der Waals surface area (Å²) in [7, 11) is 0. The number of carbonyl (C=O) groups excluding carboxylic acids is 3. The number of amides is 2. The molecule has 2 bridgehead atoms. The van der Waals surface area contributed by atoms with Crippen LogP contribution in [0.4, 0.5) is 0 Å². The first-order chi connectivity index (χ1) is 16.5. The van der Waals surface area contributed by atoms with E-state index in [9.17, 15) is 14.4 Å². The molecule has 6 unspecified atom stereocenters. The first-order valence-electron chi connectivity index (χ1n) is 11.5. The number of ketones is 1. The highest BCUT2D eigenvalue weighted by atomic mass is 16.5. The molecule has 6 atom stereocenters. The van der Waals surface area contributed by atoms with Crippen molar-refractivity contribution in [2.24, 2.45) is 29.6 Å². The van der Waals surface area contributed by atoms with Crippen LogP contribution >= 0.6 is 0 Å². The highest BCUT2D eigenvalue weighted by Gasteiger charge is 2.72. The summed E-state index contributed by atoms with van der Waals surface area (Å²) in [5.74, 6) is 3.11. The zero-order valence-corrected chi connectivity index (χ0v) is 18.4. The second-order valence-electron chi connectivity index (χ2n) is 9.46. The Bertz CT molecular complexity index is 1270. The maximum Gasteiger partial charge on any atom is 0.231 e. The molecule has 2 aromatic rings. The molecular formula is C28H23NO5. The van der Waals surface area contributed by atoms with Gasteiger partial charge in [0.15, 0.2) is 12.4 Å². The van der Waals surface area contributed by atoms with Gasteiger partial charge in [0.05, 0.1) is 11.8 Å². The lowest BCUT2D eigenvalue weighted by Crippen LogP contribution is -2.51. The number of hydrogen-bond donors (Lipinski definition) is 1. The van der Waals surface area contributed by atoms with E-state index >= 15 is 0 Å². The minimum atomic E-state index is -0.587. The Morgan fingerprint density at radius 3 is 2.68 bits per heavy atom. The quantitative estimate of drug-likeness (QED) is 0.302. The lowest BCUT2D eigenvalue weighted by molar-refractivity contribution is -0.126. The molecule has 34 heavy (non-hydrogen) atoms. The zero-order chi connectivity index (χ0) is 23.4. The first kappa shape index (κ1) is 20.7. The number of rotatable bonds is 7. The van der Waals surface area contributed by atoms with E-state index in [1.54, 1.807) is 24.3 Å². The average Bonchev–Trinajstić information content (AvgIpc) is 3.63. The summed E-state index contributed by atoms with van der Waals surface area (Å²) < 4.78 is 11.4. The van der Waals surface area contributed by atoms with Gasteiger partial charge >= 0.3 is 0 Å². The van der Waals surface area contributed by atoms with Gasteiger partial charge in [-0.25, -0.2) is 0 Å². The zero-order valence-electron chi connectivity index (χ0n) is 18.4. The summed E-state index contributed by atoms with van der Waals surface area (Å²) in [5, 5.41) is 2.57. The lowest BCUT2D eigenvalue weighted by atomic mass is 9.52. The van der Waals surface area contributed by atoms with Crippen molar-refractivity contribution in [3.05, 3.63) is 71.8 Å². The molecule has 1 heterocycles. The predicted molar refractivity (Wildman–Crippen MR) is 123 cm³/mol. The summed E-state index contributed by atoms with van der Waals surface area (Å²) in [6, 6.07) is 14.3. The van der Waals surface area contributed by atoms with Crippen LogP contribution in [0.25, 0.3) is 0 Å². The molecule has 1 N–H and O–H groups in total. The second-order valence-corrected chi connectivity index (χ2v) is 9.46. The monoisotopic (exact) mass is 453 g/mol. The van der Waals surface area contributed by atoms with E-state index in [1.807, 2.05) is 24.3 Å². The number of Topliss-reactive ketones (excluding diaryl/α,β-unsaturated/α-hetero) is 1. The molecule has 7 rings (SSSR count). The van der Waals surface area contributed by atoms with Gasteiger partial charge in [-0.15, -0.1) is 6.42 Å². The second kappa shape index (κ2) is 7.59. The van der Waals surface area contributed by atoms with Crippen molar-refractivity contribution in [2.45, 2.75) is 11.8 Å². The summed E-state index contributed by atoms with van der Waals surface area (Å²) in [6.45, 7) is 0.0226. The molecule has 170 valence electrons. The Morgan fingerprint density at radius 2 is 1.88 bits per heavy atom. The fraction of sp³-hybridized carbons (Fsp3) is 0.321. The van der Waals surface area contributed by atoms with Gasteiger partial charge in [-0.3, -0.25) is 19.7 Å². The van der Waals surface area contributed by atoms with Gasteiger partial charge < -0.3 is 9.47 Å². The number of allylic oxidation sites excluding steroid dienone is 2. The minimum absolute atomic E-state index is 0.130. The van der Waals surface area contributed by atoms with E-state index in [-0.39, 0.29) is 42.6 Å². The van der Waals surface area contributed by atoms with Gasteiger partial charge in [0, 0.05) is 16.5 Å². The van der Waals surface area contributed by atoms with Crippen molar-refractivity contribution >= 4 is 17.6 Å². The van der Waals surface area contributed by atoms with Gasteiger partial charge in [-0.1, -0.05) is 36.3 Å². The normalized spacial score (nSPS) is 31.8. The number of para-hydroxylation sites is 1. The Hall–Kier alpha value is -3.85. The maximum absolute atomic E-state index is 12.9. The number of nitrogens with one attached hydrogen (secondary N) is 1. The fourth-order valence-electron chi connectivity index (χ4n) is 6.45. The van der Waals surface area contributed by atoms with Crippen molar-refractivity contribution in [1.29, 1.82) is 0 Å². The molecule has 1 aliphatic heterocycles. The Kier molecular flexibility index (Phi) is 4.63. The smallest absolute Gasteiger partial charge is 0.231 e. The molecule has 0 aromatic heterocycles. The van der Waals surface area contributed by atoms with Crippen LogP contribution in [0, 0.1) is 41.9 Å². The highest BCUT2D eigenvalue weighted by molar-refractivity contribution is 6.07. The molecular weight excluding hydrogens is 430 g/mol. The third kappa shape index (κ3) is 2.93. The van der Waals surface area contributed by atoms with Crippen molar-refractivity contribution in [3.63, 3.8) is 0 Å². The molecule has 6 heteroatoms. The van der Waals surface area contributed by atoms with E-state index in [4.69, 9.17) is 15.9 Å². The van der Waals surface area contributed by atoms with Gasteiger partial charge in [0.25, 0.3) is 0 Å². The summed E-state index contributed by atoms with van der Waals surface area (Å²) in [5.41, 5.74) is 0.795. The molecule has 4 aliphatic carbocycles. The van der Waals surface area contributed by atoms with Crippen molar-refractivity contribution in [3.8, 4) is 23.8 Å². The largest absolute Gasteiger partial charge is 0.485 e. The minimum Gasteiger partial charge on any atom is -0.485 e. The Balaban J connectivity index is 1.27. The van der Waals surface area contributed by atoms with Crippen molar-refractivity contribution in [1.82, 2.24) is 5.32 Å². The third-order valence-corrected chi connectivity index (χ3v) is 7.87. The molecule has 3 fully saturated rings. The maximum atomic E-state index is 12.9. The topological polar surface area (TPSA) is 81.7 Å². The number of benzene rings is 2. The van der Waals surface area contributed by atoms with Crippen LogP contribution in [0.2, 0.25) is 0 Å². The van der Waals surface area contributed by atoms with Gasteiger partial charge in [0.1, 0.15) is 18.1 Å². The van der Waals surface area contributed by atoms with Crippen molar-refractivity contribution in [2.75, 3.05) is 13.2 Å². The molecule has 0 spiro atoms. The van der Waals surface area contributed by atoms with Crippen LogP contribution in [-0.4, -0.2) is 30.8 Å². The number of imide groups is 1. The summed E-state index contributed by atoms with van der Waals surface area (Å²) in [4.78, 5) is 38.4. The van der Waals surface area contributed by atoms with Gasteiger partial charge in [-0.2, -0.15) is 0 Å². The molecule has 0 radical (unpaired) electrons. The number of ether oxygens (including phenoxy) is 2. The van der Waals surface area contributed by atoms with E-state index in [1.165, 1.54) is 0 Å². The van der Waals surface area contributed by atoms with E-state index in [0.717, 1.165) is 12.0 Å². The fourth-order valence-corrected chi connectivity index (χ4v) is 6.45. The lowest BCUT2D eigenvalue weighted by Gasteiger charge is -2.48. The Morgan fingerprint density at radius 1 is 1.09 bits per heavy atom. The standard InChI is InChI=1S/C28H23NO5/c1-2-13-33-17-9-7-16(8-10-17)22(30)15-34-23-6-4-3-5-20(23)28-12-11-18(19-14-21(19)28)24-25(28)27(32)29-26(24)31/h1,3-12,18-19,21,24-25H,13-15H2,(H,29,31,32). The number of terminal acetylenes is 1. The van der Waals surface area contributed by atoms with Crippen LogP contribution in [0.5, 0.6) is 11.5 Å². The first-order valence-corrected chi connectivity index (χ1v) is 11.5. The molecule has 2 saturated carbocycles. The Labute approximate surface area is 197 Å². The average molecular weight is 453 g/mol. The molecule has 6 nitrogen and oxygen atoms in total. The molecule has 2 aromatic carbocycles. The van der Waals surface area contributed by atoms with E-state index in [2.05, 4.69) is 23.4 Å². The summed E-state index contributed by atoms with van der Waals surface area (Å²) >= 11 is 0. The van der Waals surface area contributed by atoms with Gasteiger partial charge in [0.2, 0.25) is 11.8 Å². The van der Waals surface area contributed by atoms with Crippen LogP contribution in [0.3, 0.4) is 0 Å². The van der Waals surface area contributed by atoms with E-state index < -0.39 is 11.3 Å². The van der Waals surface area contributed by atoms with Gasteiger partial charge in [-0.05, 0) is 54.5 Å². The summed E-state index contributed by atoms with van der Waals surface area (Å²) in [6.07, 6.45) is 10.4. The SMILES string of the molecule is C#CCOc1ccc(C(=O)COc2ccccc2C23C=CC(C4CC42)C2C(=O)NC(=O)C23)cc1. The highest BCUT2D eigenvalue weighted by Crippen LogP contribution is 2.71.